The summed E-state index contributed by atoms with van der Waals surface area (Å²) in [6.07, 6.45) is 0.773. The third kappa shape index (κ3) is 4.27. The van der Waals surface area contributed by atoms with Crippen molar-refractivity contribution in [3.63, 3.8) is 0 Å². The molecule has 110 valence electrons. The van der Waals surface area contributed by atoms with Gasteiger partial charge >= 0.3 is 0 Å². The summed E-state index contributed by atoms with van der Waals surface area (Å²) >= 11 is 3.47. The maximum atomic E-state index is 10.6. The lowest BCUT2D eigenvalue weighted by atomic mass is 10.1. The molecule has 2 aromatic rings. The van der Waals surface area contributed by atoms with Gasteiger partial charge in [0.1, 0.15) is 12.4 Å². The smallest absolute Gasteiger partial charge is 0.269 e. The molecule has 0 spiro atoms. The molecule has 0 radical (unpaired) electrons. The van der Waals surface area contributed by atoms with Crippen LogP contribution in [0.1, 0.15) is 11.1 Å². The zero-order valence-corrected chi connectivity index (χ0v) is 12.9. The number of halogens is 1. The fourth-order valence-corrected chi connectivity index (χ4v) is 2.31. The summed E-state index contributed by atoms with van der Waals surface area (Å²) < 4.78 is 6.71. The molecule has 6 heteroatoms. The summed E-state index contributed by atoms with van der Waals surface area (Å²) in [5.41, 5.74) is 7.62. The van der Waals surface area contributed by atoms with E-state index in [9.17, 15) is 10.1 Å². The Hall–Kier alpha value is -1.92. The molecule has 21 heavy (non-hydrogen) atoms. The number of benzene rings is 2. The van der Waals surface area contributed by atoms with Crippen LogP contribution in [0.5, 0.6) is 5.75 Å². The van der Waals surface area contributed by atoms with E-state index in [1.54, 1.807) is 12.1 Å². The molecule has 0 aliphatic heterocycles. The fourth-order valence-electron chi connectivity index (χ4n) is 1.87. The Kier molecular flexibility index (Phi) is 5.30. The molecule has 2 rings (SSSR count). The Morgan fingerprint density at radius 3 is 2.52 bits per heavy atom. The van der Waals surface area contributed by atoms with Crippen LogP contribution in [-0.4, -0.2) is 11.5 Å². The van der Waals surface area contributed by atoms with Crippen LogP contribution in [0.25, 0.3) is 0 Å². The number of ether oxygens (including phenoxy) is 1. The molecular weight excluding hydrogens is 336 g/mol. The molecule has 0 saturated carbocycles. The highest BCUT2D eigenvalue weighted by atomic mass is 79.9. The molecule has 0 unspecified atom stereocenters. The minimum atomic E-state index is -0.418. The molecule has 0 fully saturated rings. The zero-order chi connectivity index (χ0) is 15.2. The summed E-state index contributed by atoms with van der Waals surface area (Å²) in [5.74, 6) is 0.750. The van der Waals surface area contributed by atoms with Crippen LogP contribution in [0.4, 0.5) is 5.69 Å². The second kappa shape index (κ2) is 7.19. The third-order valence-electron chi connectivity index (χ3n) is 2.98. The highest BCUT2D eigenvalue weighted by Crippen LogP contribution is 2.23. The van der Waals surface area contributed by atoms with Crippen molar-refractivity contribution >= 4 is 21.6 Å². The normalized spacial score (nSPS) is 10.4. The Balaban J connectivity index is 2.02. The Morgan fingerprint density at radius 2 is 1.90 bits per heavy atom. The van der Waals surface area contributed by atoms with E-state index in [1.165, 1.54) is 12.1 Å². The second-order valence-corrected chi connectivity index (χ2v) is 5.36. The van der Waals surface area contributed by atoms with Crippen molar-refractivity contribution in [1.29, 1.82) is 0 Å². The van der Waals surface area contributed by atoms with Crippen LogP contribution in [-0.2, 0) is 13.0 Å². The molecule has 2 aromatic carbocycles. The molecule has 2 N–H and O–H groups in total. The number of non-ortho nitro benzene ring substituents is 1. The van der Waals surface area contributed by atoms with Gasteiger partial charge in [-0.25, -0.2) is 0 Å². The summed E-state index contributed by atoms with van der Waals surface area (Å²) in [5, 5.41) is 10.6. The molecule has 0 aliphatic rings. The maximum absolute atomic E-state index is 10.6. The Labute approximate surface area is 131 Å². The molecule has 0 heterocycles. The molecule has 0 aromatic heterocycles. The topological polar surface area (TPSA) is 78.4 Å². The molecule has 0 saturated heterocycles. The zero-order valence-electron chi connectivity index (χ0n) is 11.3. The summed E-state index contributed by atoms with van der Waals surface area (Å²) in [6.45, 7) is 0.937. The number of nitro benzene ring substituents is 1. The highest BCUT2D eigenvalue weighted by molar-refractivity contribution is 9.10. The van der Waals surface area contributed by atoms with Crippen molar-refractivity contribution in [3.05, 3.63) is 68.2 Å². The van der Waals surface area contributed by atoms with Gasteiger partial charge in [0, 0.05) is 16.6 Å². The van der Waals surface area contributed by atoms with Crippen molar-refractivity contribution in [1.82, 2.24) is 0 Å². The van der Waals surface area contributed by atoms with Crippen LogP contribution >= 0.6 is 15.9 Å². The van der Waals surface area contributed by atoms with Crippen LogP contribution in [0, 0.1) is 10.1 Å². The predicted octanol–water partition coefficient (Wildman–Crippen LogP) is 3.44. The first kappa shape index (κ1) is 15.5. The standard InChI is InChI=1S/C15H15BrN2O3/c16-15-6-5-14(9-12(15)7-8-17)21-10-11-1-3-13(4-2-11)18(19)20/h1-6,9H,7-8,10,17H2. The number of nitro groups is 1. The first-order valence-corrected chi connectivity index (χ1v) is 7.24. The van der Waals surface area contributed by atoms with Gasteiger partial charge in [0.15, 0.2) is 0 Å². The van der Waals surface area contributed by atoms with Gasteiger partial charge in [-0.2, -0.15) is 0 Å². The predicted molar refractivity (Wildman–Crippen MR) is 84.3 cm³/mol. The van der Waals surface area contributed by atoms with Gasteiger partial charge in [0.25, 0.3) is 5.69 Å². The Bertz CT molecular complexity index is 629. The largest absolute Gasteiger partial charge is 0.489 e. The third-order valence-corrected chi connectivity index (χ3v) is 3.76. The van der Waals surface area contributed by atoms with E-state index in [0.29, 0.717) is 13.2 Å². The maximum Gasteiger partial charge on any atom is 0.269 e. The molecule has 0 atom stereocenters. The molecule has 0 amide bonds. The van der Waals surface area contributed by atoms with Gasteiger partial charge in [-0.3, -0.25) is 10.1 Å². The van der Waals surface area contributed by atoms with E-state index >= 15 is 0 Å². The van der Waals surface area contributed by atoms with E-state index in [2.05, 4.69) is 15.9 Å². The monoisotopic (exact) mass is 350 g/mol. The average molecular weight is 351 g/mol. The number of nitrogens with zero attached hydrogens (tertiary/aromatic N) is 1. The lowest BCUT2D eigenvalue weighted by molar-refractivity contribution is -0.384. The first-order chi connectivity index (χ1) is 10.1. The first-order valence-electron chi connectivity index (χ1n) is 6.45. The molecule has 5 nitrogen and oxygen atoms in total. The van der Waals surface area contributed by atoms with Crippen LogP contribution in [0.15, 0.2) is 46.9 Å². The molecule has 0 aliphatic carbocycles. The van der Waals surface area contributed by atoms with E-state index in [1.807, 2.05) is 18.2 Å². The lowest BCUT2D eigenvalue weighted by Gasteiger charge is -2.09. The van der Waals surface area contributed by atoms with Gasteiger partial charge in [-0.15, -0.1) is 0 Å². The van der Waals surface area contributed by atoms with E-state index in [0.717, 1.165) is 27.8 Å². The summed E-state index contributed by atoms with van der Waals surface area (Å²) in [4.78, 5) is 10.2. The SMILES string of the molecule is NCCc1cc(OCc2ccc([N+](=O)[O-])cc2)ccc1Br. The quantitative estimate of drug-likeness (QED) is 0.639. The fraction of sp³-hybridized carbons (Fsp3) is 0.200. The van der Waals surface area contributed by atoms with Crippen molar-refractivity contribution in [3.8, 4) is 5.75 Å². The lowest BCUT2D eigenvalue weighted by Crippen LogP contribution is -2.04. The van der Waals surface area contributed by atoms with Crippen molar-refractivity contribution in [2.75, 3.05) is 6.54 Å². The van der Waals surface area contributed by atoms with Crippen molar-refractivity contribution in [2.24, 2.45) is 5.73 Å². The van der Waals surface area contributed by atoms with Gasteiger partial charge in [-0.1, -0.05) is 15.9 Å². The van der Waals surface area contributed by atoms with Gasteiger partial charge in [0.05, 0.1) is 4.92 Å². The van der Waals surface area contributed by atoms with Gasteiger partial charge in [-0.05, 0) is 54.4 Å². The van der Waals surface area contributed by atoms with Crippen LogP contribution in [0.3, 0.4) is 0 Å². The average Bonchev–Trinajstić information content (AvgIpc) is 2.48. The van der Waals surface area contributed by atoms with Crippen molar-refractivity contribution < 1.29 is 9.66 Å². The second-order valence-electron chi connectivity index (χ2n) is 4.50. The summed E-state index contributed by atoms with van der Waals surface area (Å²) in [6, 6.07) is 12.1. The van der Waals surface area contributed by atoms with Gasteiger partial charge < -0.3 is 10.5 Å². The molecular formula is C15H15BrN2O3. The number of rotatable bonds is 6. The Morgan fingerprint density at radius 1 is 1.19 bits per heavy atom. The van der Waals surface area contributed by atoms with Crippen LogP contribution < -0.4 is 10.5 Å². The number of hydrogen-bond donors (Lipinski definition) is 1. The van der Waals surface area contributed by atoms with E-state index in [-0.39, 0.29) is 5.69 Å². The van der Waals surface area contributed by atoms with Gasteiger partial charge in [0.2, 0.25) is 0 Å². The number of nitrogens with two attached hydrogens (primary N) is 1. The van der Waals surface area contributed by atoms with E-state index in [4.69, 9.17) is 10.5 Å². The minimum absolute atomic E-state index is 0.0765. The minimum Gasteiger partial charge on any atom is -0.489 e. The molecule has 0 bridgehead atoms. The summed E-state index contributed by atoms with van der Waals surface area (Å²) in [7, 11) is 0. The van der Waals surface area contributed by atoms with Crippen molar-refractivity contribution in [2.45, 2.75) is 13.0 Å². The highest BCUT2D eigenvalue weighted by Gasteiger charge is 2.05. The van der Waals surface area contributed by atoms with Crippen LogP contribution in [0.2, 0.25) is 0 Å². The number of hydrogen-bond acceptors (Lipinski definition) is 4. The van der Waals surface area contributed by atoms with E-state index < -0.39 is 4.92 Å².